The second kappa shape index (κ2) is 6.95. The average Bonchev–Trinajstić information content (AvgIpc) is 2.96. The minimum Gasteiger partial charge on any atom is -0.478 e. The largest absolute Gasteiger partial charge is 0.478 e. The van der Waals surface area contributed by atoms with Gasteiger partial charge in [0.05, 0.1) is 12.1 Å². The van der Waals surface area contributed by atoms with Crippen molar-refractivity contribution < 1.29 is 29.3 Å². The Morgan fingerprint density at radius 3 is 2.78 bits per heavy atom. The maximum absolute atomic E-state index is 11.4. The third-order valence-corrected chi connectivity index (χ3v) is 4.24. The Labute approximate surface area is 133 Å². The molecular weight excluding hydrogens is 304 g/mol. The lowest BCUT2D eigenvalue weighted by Crippen LogP contribution is -2.60. The van der Waals surface area contributed by atoms with Crippen LogP contribution in [0.1, 0.15) is 26.2 Å². The Kier molecular flexibility index (Phi) is 5.20. The molecule has 1 aliphatic carbocycles. The Morgan fingerprint density at radius 1 is 1.52 bits per heavy atom. The van der Waals surface area contributed by atoms with Gasteiger partial charge < -0.3 is 26.0 Å². The normalized spacial score (nSPS) is 31.6. The number of carbonyl (C=O) groups is 2. The zero-order valence-electron chi connectivity index (χ0n) is 12.7. The van der Waals surface area contributed by atoms with Crippen LogP contribution in [0.2, 0.25) is 0 Å². The highest BCUT2D eigenvalue weighted by molar-refractivity contribution is 5.84. The summed E-state index contributed by atoms with van der Waals surface area (Å²) < 4.78 is 5.37. The fourth-order valence-corrected chi connectivity index (χ4v) is 3.18. The predicted molar refractivity (Wildman–Crippen MR) is 78.7 cm³/mol. The topological polar surface area (TPSA) is 139 Å². The van der Waals surface area contributed by atoms with E-state index in [1.54, 1.807) is 0 Å². The summed E-state index contributed by atoms with van der Waals surface area (Å²) in [5.41, 5.74) is 6.37. The van der Waals surface area contributed by atoms with Gasteiger partial charge in [-0.05, 0) is 25.3 Å². The fourth-order valence-electron chi connectivity index (χ4n) is 3.18. The highest BCUT2D eigenvalue weighted by atomic mass is 16.5. The summed E-state index contributed by atoms with van der Waals surface area (Å²) in [5, 5.41) is 22.3. The third kappa shape index (κ3) is 3.61. The van der Waals surface area contributed by atoms with E-state index in [9.17, 15) is 19.5 Å². The molecule has 0 spiro atoms. The summed E-state index contributed by atoms with van der Waals surface area (Å²) in [6.45, 7) is 1.29. The van der Waals surface area contributed by atoms with E-state index in [1.165, 1.54) is 13.0 Å². The molecule has 0 aromatic carbocycles. The summed E-state index contributed by atoms with van der Waals surface area (Å²) in [4.78, 5) is 33.5. The molecule has 5 atom stereocenters. The standard InChI is InChI=1S/C15H20N2O6/c1-7(19)17-12-10(16)5-11(15(21)22)23-14(12)13(20)9-4-2-3-8(9)6-18/h5,9-10,12-14,20H,2-4,16H2,1H3,(H,17,19)(H,21,22)/t9?,10-,12+,13?,14+/m0/s1. The second-order valence-corrected chi connectivity index (χ2v) is 5.84. The van der Waals surface area contributed by atoms with E-state index in [-0.39, 0.29) is 11.7 Å². The number of rotatable bonds is 4. The van der Waals surface area contributed by atoms with Crippen LogP contribution in [0.5, 0.6) is 0 Å². The highest BCUT2D eigenvalue weighted by Gasteiger charge is 2.44. The van der Waals surface area contributed by atoms with Crippen molar-refractivity contribution in [1.29, 1.82) is 0 Å². The maximum atomic E-state index is 11.4. The van der Waals surface area contributed by atoms with E-state index < -0.39 is 36.2 Å². The van der Waals surface area contributed by atoms with E-state index in [2.05, 4.69) is 5.32 Å². The number of aliphatic carboxylic acids is 1. The number of carbonyl (C=O) groups excluding carboxylic acids is 2. The summed E-state index contributed by atoms with van der Waals surface area (Å²) in [5.74, 6) is -0.706. The molecule has 1 aliphatic heterocycles. The number of nitrogens with two attached hydrogens (primary N) is 1. The number of hydrogen-bond acceptors (Lipinski definition) is 6. The first-order chi connectivity index (χ1) is 10.8. The molecule has 5 N–H and O–H groups in total. The van der Waals surface area contributed by atoms with Crippen molar-refractivity contribution in [2.24, 2.45) is 11.7 Å². The zero-order chi connectivity index (χ0) is 17.1. The van der Waals surface area contributed by atoms with Gasteiger partial charge in [0.15, 0.2) is 0 Å². The number of aliphatic hydroxyl groups is 1. The number of ether oxygens (including phenoxy) is 1. The van der Waals surface area contributed by atoms with Gasteiger partial charge in [-0.3, -0.25) is 4.79 Å². The molecule has 8 nitrogen and oxygen atoms in total. The van der Waals surface area contributed by atoms with Crippen LogP contribution in [-0.4, -0.2) is 52.3 Å². The van der Waals surface area contributed by atoms with Crippen LogP contribution in [0.3, 0.4) is 0 Å². The SMILES string of the molecule is CC(=O)N[C@@H]1[C@@H](N)C=C(C(=O)O)O[C@H]1C(O)C1CCCC1=C=O. The lowest BCUT2D eigenvalue weighted by atomic mass is 9.86. The second-order valence-electron chi connectivity index (χ2n) is 5.84. The smallest absolute Gasteiger partial charge is 0.370 e. The van der Waals surface area contributed by atoms with Crippen LogP contribution in [-0.2, 0) is 19.1 Å². The molecule has 0 aromatic heterocycles. The number of carboxylic acids is 1. The number of amides is 1. The van der Waals surface area contributed by atoms with Crippen molar-refractivity contribution in [3.8, 4) is 0 Å². The molecule has 23 heavy (non-hydrogen) atoms. The zero-order valence-corrected chi connectivity index (χ0v) is 12.7. The van der Waals surface area contributed by atoms with Crippen LogP contribution in [0, 0.1) is 5.92 Å². The Hall–Kier alpha value is -2.15. The monoisotopic (exact) mass is 324 g/mol. The van der Waals surface area contributed by atoms with E-state index >= 15 is 0 Å². The molecule has 2 rings (SSSR count). The number of carboxylic acid groups (broad SMARTS) is 1. The van der Waals surface area contributed by atoms with Crippen LogP contribution < -0.4 is 11.1 Å². The summed E-state index contributed by atoms with van der Waals surface area (Å²) in [7, 11) is 0. The first-order valence-corrected chi connectivity index (χ1v) is 7.41. The van der Waals surface area contributed by atoms with E-state index in [0.717, 1.165) is 6.42 Å². The van der Waals surface area contributed by atoms with Gasteiger partial charge in [-0.1, -0.05) is 0 Å². The van der Waals surface area contributed by atoms with Crippen LogP contribution in [0.15, 0.2) is 17.4 Å². The summed E-state index contributed by atoms with van der Waals surface area (Å²) in [6, 6.07) is -1.62. The molecule has 2 aliphatic rings. The van der Waals surface area contributed by atoms with Crippen molar-refractivity contribution in [1.82, 2.24) is 5.32 Å². The van der Waals surface area contributed by atoms with Crippen LogP contribution in [0.25, 0.3) is 0 Å². The molecule has 0 radical (unpaired) electrons. The Morgan fingerprint density at radius 2 is 2.22 bits per heavy atom. The molecular formula is C15H20N2O6. The van der Waals surface area contributed by atoms with Gasteiger partial charge in [-0.15, -0.1) is 0 Å². The predicted octanol–water partition coefficient (Wildman–Crippen LogP) is -0.895. The summed E-state index contributed by atoms with van der Waals surface area (Å²) >= 11 is 0. The van der Waals surface area contributed by atoms with Crippen LogP contribution in [0.4, 0.5) is 0 Å². The fraction of sp³-hybridized carbons (Fsp3) is 0.600. The molecule has 1 fully saturated rings. The molecule has 126 valence electrons. The first kappa shape index (κ1) is 17.2. The van der Waals surface area contributed by atoms with Gasteiger partial charge in [0.1, 0.15) is 18.1 Å². The molecule has 0 aromatic rings. The molecule has 0 bridgehead atoms. The lowest BCUT2D eigenvalue weighted by molar-refractivity contribution is -0.142. The molecule has 2 unspecified atom stereocenters. The van der Waals surface area contributed by atoms with Crippen molar-refractivity contribution in [2.75, 3.05) is 0 Å². The van der Waals surface area contributed by atoms with Gasteiger partial charge >= 0.3 is 5.97 Å². The van der Waals surface area contributed by atoms with Gasteiger partial charge in [-0.25, -0.2) is 9.59 Å². The minimum atomic E-state index is -1.31. The van der Waals surface area contributed by atoms with Gasteiger partial charge in [-0.2, -0.15) is 0 Å². The summed E-state index contributed by atoms with van der Waals surface area (Å²) in [6.07, 6.45) is 0.807. The Bertz CT molecular complexity index is 581. The maximum Gasteiger partial charge on any atom is 0.370 e. The molecule has 8 heteroatoms. The van der Waals surface area contributed by atoms with E-state index in [0.29, 0.717) is 18.4 Å². The molecule has 0 saturated heterocycles. The third-order valence-electron chi connectivity index (χ3n) is 4.24. The van der Waals surface area contributed by atoms with E-state index in [1.807, 2.05) is 5.94 Å². The van der Waals surface area contributed by atoms with Gasteiger partial charge in [0, 0.05) is 18.4 Å². The van der Waals surface area contributed by atoms with E-state index in [4.69, 9.17) is 15.6 Å². The lowest BCUT2D eigenvalue weighted by Gasteiger charge is -2.39. The van der Waals surface area contributed by atoms with Crippen molar-refractivity contribution >= 4 is 17.8 Å². The van der Waals surface area contributed by atoms with Crippen LogP contribution >= 0.6 is 0 Å². The quantitative estimate of drug-likeness (QED) is 0.492. The first-order valence-electron chi connectivity index (χ1n) is 7.41. The van der Waals surface area contributed by atoms with Crippen molar-refractivity contribution in [3.05, 3.63) is 17.4 Å². The van der Waals surface area contributed by atoms with Crippen molar-refractivity contribution in [3.63, 3.8) is 0 Å². The van der Waals surface area contributed by atoms with Gasteiger partial charge in [0.25, 0.3) is 0 Å². The number of aliphatic hydroxyl groups excluding tert-OH is 1. The number of nitrogens with one attached hydrogen (secondary N) is 1. The molecule has 1 heterocycles. The minimum absolute atomic E-state index is 0.377. The number of hydrogen-bond donors (Lipinski definition) is 4. The Balaban J connectivity index is 2.30. The van der Waals surface area contributed by atoms with Gasteiger partial charge in [0.2, 0.25) is 11.7 Å². The highest BCUT2D eigenvalue weighted by Crippen LogP contribution is 2.35. The molecule has 1 saturated carbocycles. The van der Waals surface area contributed by atoms with Crippen molar-refractivity contribution in [2.45, 2.75) is 50.5 Å². The average molecular weight is 324 g/mol. The molecule has 1 amide bonds.